The van der Waals surface area contributed by atoms with Crippen LogP contribution in [0.4, 0.5) is 0 Å². The van der Waals surface area contributed by atoms with Crippen molar-refractivity contribution in [3.8, 4) is 5.75 Å². The van der Waals surface area contributed by atoms with Crippen LogP contribution in [0.5, 0.6) is 5.75 Å². The quantitative estimate of drug-likeness (QED) is 0.849. The minimum absolute atomic E-state index is 0.0557. The highest BCUT2D eigenvalue weighted by Gasteiger charge is 2.20. The molecule has 2 heterocycles. The first-order valence-electron chi connectivity index (χ1n) is 7.69. The maximum atomic E-state index is 11.9. The first kappa shape index (κ1) is 16.0. The Bertz CT molecular complexity index is 854. The second-order valence-corrected chi connectivity index (χ2v) is 6.41. The van der Waals surface area contributed by atoms with Gasteiger partial charge < -0.3 is 9.72 Å². The van der Waals surface area contributed by atoms with Crippen molar-refractivity contribution in [1.82, 2.24) is 14.9 Å². The van der Waals surface area contributed by atoms with Gasteiger partial charge in [-0.1, -0.05) is 6.07 Å². The highest BCUT2D eigenvalue weighted by molar-refractivity contribution is 7.71. The predicted molar refractivity (Wildman–Crippen MR) is 92.5 cm³/mol. The van der Waals surface area contributed by atoms with Crippen LogP contribution in [0.15, 0.2) is 16.9 Å². The van der Waals surface area contributed by atoms with E-state index in [1.165, 1.54) is 16.7 Å². The zero-order chi connectivity index (χ0) is 16.6. The molecule has 1 aromatic heterocycles. The molecule has 0 amide bonds. The summed E-state index contributed by atoms with van der Waals surface area (Å²) in [4.78, 5) is 20.1. The molecule has 1 aliphatic heterocycles. The Labute approximate surface area is 140 Å². The van der Waals surface area contributed by atoms with Gasteiger partial charge in [0.25, 0.3) is 5.56 Å². The summed E-state index contributed by atoms with van der Waals surface area (Å²) >= 11 is 5.08. The number of hydrogen-bond donors (Lipinski definition) is 2. The van der Waals surface area contributed by atoms with Gasteiger partial charge in [-0.15, -0.1) is 0 Å². The monoisotopic (exact) mass is 331 g/mol. The van der Waals surface area contributed by atoms with Gasteiger partial charge in [-0.2, -0.15) is 0 Å². The molecule has 2 aromatic rings. The number of hydrogen-bond acceptors (Lipinski definition) is 4. The van der Waals surface area contributed by atoms with Crippen molar-refractivity contribution in [1.29, 1.82) is 0 Å². The maximum absolute atomic E-state index is 11.9. The molecule has 0 saturated heterocycles. The average molecular weight is 331 g/mol. The van der Waals surface area contributed by atoms with Crippen molar-refractivity contribution in [2.75, 3.05) is 13.7 Å². The molecule has 3 rings (SSSR count). The molecule has 23 heavy (non-hydrogen) atoms. The normalized spacial score (nSPS) is 14.6. The molecule has 0 atom stereocenters. The summed E-state index contributed by atoms with van der Waals surface area (Å²) in [7, 11) is 1.70. The van der Waals surface area contributed by atoms with Gasteiger partial charge in [-0.3, -0.25) is 14.7 Å². The molecular formula is C17H21N3O2S. The van der Waals surface area contributed by atoms with E-state index in [1.807, 2.05) is 6.07 Å². The SMILES string of the molecule is COc1ccc(CN2CCc3c([nH]c(=S)[nH]c3=O)C2)c(C)c1C. The van der Waals surface area contributed by atoms with E-state index < -0.39 is 0 Å². The lowest BCUT2D eigenvalue weighted by molar-refractivity contribution is 0.239. The Kier molecular flexibility index (Phi) is 4.37. The van der Waals surface area contributed by atoms with Crippen LogP contribution in [0.2, 0.25) is 0 Å². The number of ether oxygens (including phenoxy) is 1. The topological polar surface area (TPSA) is 61.1 Å². The molecule has 5 nitrogen and oxygen atoms in total. The minimum atomic E-state index is -0.0557. The third-order valence-corrected chi connectivity index (χ3v) is 4.86. The Balaban J connectivity index is 1.84. The van der Waals surface area contributed by atoms with Crippen LogP contribution in [0, 0.1) is 18.6 Å². The number of H-pyrrole nitrogens is 2. The fraction of sp³-hybridized carbons (Fsp3) is 0.412. The lowest BCUT2D eigenvalue weighted by Crippen LogP contribution is -2.35. The lowest BCUT2D eigenvalue weighted by Gasteiger charge is -2.28. The van der Waals surface area contributed by atoms with E-state index in [0.29, 0.717) is 11.3 Å². The molecule has 0 bridgehead atoms. The van der Waals surface area contributed by atoms with Gasteiger partial charge in [0.15, 0.2) is 4.77 Å². The molecule has 122 valence electrons. The largest absolute Gasteiger partial charge is 0.496 e. The molecule has 0 saturated carbocycles. The van der Waals surface area contributed by atoms with E-state index in [-0.39, 0.29) is 5.56 Å². The average Bonchev–Trinajstić information content (AvgIpc) is 2.51. The number of rotatable bonds is 3. The van der Waals surface area contributed by atoms with Crippen molar-refractivity contribution in [2.24, 2.45) is 0 Å². The summed E-state index contributed by atoms with van der Waals surface area (Å²) in [5, 5.41) is 0. The number of benzene rings is 1. The zero-order valence-corrected chi connectivity index (χ0v) is 14.5. The summed E-state index contributed by atoms with van der Waals surface area (Å²) in [6, 6.07) is 4.14. The predicted octanol–water partition coefficient (Wildman–Crippen LogP) is 2.62. The van der Waals surface area contributed by atoms with Gasteiger partial charge in [0.1, 0.15) is 5.75 Å². The van der Waals surface area contributed by atoms with Crippen molar-refractivity contribution in [2.45, 2.75) is 33.4 Å². The Hall–Kier alpha value is -1.92. The van der Waals surface area contributed by atoms with Gasteiger partial charge in [0.2, 0.25) is 0 Å². The zero-order valence-electron chi connectivity index (χ0n) is 13.7. The van der Waals surface area contributed by atoms with Crippen molar-refractivity contribution in [3.63, 3.8) is 0 Å². The van der Waals surface area contributed by atoms with E-state index in [1.54, 1.807) is 7.11 Å². The van der Waals surface area contributed by atoms with Crippen molar-refractivity contribution in [3.05, 3.63) is 55.2 Å². The van der Waals surface area contributed by atoms with Gasteiger partial charge >= 0.3 is 0 Å². The summed E-state index contributed by atoms with van der Waals surface area (Å²) in [6.07, 6.45) is 0.741. The number of aromatic amines is 2. The second kappa shape index (κ2) is 6.29. The van der Waals surface area contributed by atoms with Crippen LogP contribution in [-0.4, -0.2) is 28.5 Å². The number of aromatic nitrogens is 2. The van der Waals surface area contributed by atoms with E-state index in [0.717, 1.165) is 36.5 Å². The first-order chi connectivity index (χ1) is 11.0. The van der Waals surface area contributed by atoms with Crippen LogP contribution in [0.3, 0.4) is 0 Å². The molecular weight excluding hydrogens is 310 g/mol. The molecule has 1 aliphatic rings. The Morgan fingerprint density at radius 2 is 2.04 bits per heavy atom. The standard InChI is InChI=1S/C17H21N3O2S/c1-10-11(2)15(22-3)5-4-12(10)8-20-7-6-13-14(9-20)18-17(23)19-16(13)21/h4-5H,6-9H2,1-3H3,(H2,18,19,21,23). The van der Waals surface area contributed by atoms with E-state index in [4.69, 9.17) is 17.0 Å². The van der Waals surface area contributed by atoms with Crippen LogP contribution < -0.4 is 10.3 Å². The fourth-order valence-corrected chi connectivity index (χ4v) is 3.37. The fourth-order valence-electron chi connectivity index (χ4n) is 3.15. The summed E-state index contributed by atoms with van der Waals surface area (Å²) in [6.45, 7) is 6.64. The van der Waals surface area contributed by atoms with Crippen molar-refractivity contribution < 1.29 is 4.74 Å². The molecule has 0 spiro atoms. The highest BCUT2D eigenvalue weighted by atomic mass is 32.1. The summed E-state index contributed by atoms with van der Waals surface area (Å²) in [5.41, 5.74) is 5.44. The molecule has 0 fully saturated rings. The number of nitrogens with one attached hydrogen (secondary N) is 2. The molecule has 1 aromatic carbocycles. The molecule has 0 radical (unpaired) electrons. The van der Waals surface area contributed by atoms with Crippen LogP contribution in [-0.2, 0) is 19.5 Å². The number of methoxy groups -OCH3 is 1. The van der Waals surface area contributed by atoms with E-state index >= 15 is 0 Å². The molecule has 6 heteroatoms. The van der Waals surface area contributed by atoms with Crippen molar-refractivity contribution >= 4 is 12.2 Å². The highest BCUT2D eigenvalue weighted by Crippen LogP contribution is 2.26. The number of fused-ring (bicyclic) bond motifs is 1. The van der Waals surface area contributed by atoms with Crippen LogP contribution in [0.1, 0.15) is 27.9 Å². The van der Waals surface area contributed by atoms with E-state index in [2.05, 4.69) is 34.8 Å². The lowest BCUT2D eigenvalue weighted by atomic mass is 10.0. The summed E-state index contributed by atoms with van der Waals surface area (Å²) < 4.78 is 5.77. The minimum Gasteiger partial charge on any atom is -0.496 e. The maximum Gasteiger partial charge on any atom is 0.255 e. The van der Waals surface area contributed by atoms with Crippen LogP contribution in [0.25, 0.3) is 0 Å². The molecule has 0 aliphatic carbocycles. The van der Waals surface area contributed by atoms with Gasteiger partial charge in [0.05, 0.1) is 7.11 Å². The smallest absolute Gasteiger partial charge is 0.255 e. The van der Waals surface area contributed by atoms with E-state index in [9.17, 15) is 4.79 Å². The molecule has 2 N–H and O–H groups in total. The first-order valence-corrected chi connectivity index (χ1v) is 8.10. The Morgan fingerprint density at radius 3 is 2.78 bits per heavy atom. The third kappa shape index (κ3) is 3.09. The summed E-state index contributed by atoms with van der Waals surface area (Å²) in [5.74, 6) is 0.922. The van der Waals surface area contributed by atoms with Gasteiger partial charge in [-0.05, 0) is 55.2 Å². The second-order valence-electron chi connectivity index (χ2n) is 6.00. The van der Waals surface area contributed by atoms with Gasteiger partial charge in [-0.25, -0.2) is 0 Å². The number of nitrogens with zero attached hydrogens (tertiary/aromatic N) is 1. The third-order valence-electron chi connectivity index (χ3n) is 4.65. The molecule has 0 unspecified atom stereocenters. The van der Waals surface area contributed by atoms with Gasteiger partial charge in [0, 0.05) is 30.9 Å². The van der Waals surface area contributed by atoms with Crippen LogP contribution >= 0.6 is 12.2 Å². The Morgan fingerprint density at radius 1 is 1.26 bits per heavy atom.